The van der Waals surface area contributed by atoms with E-state index in [-0.39, 0.29) is 0 Å². The van der Waals surface area contributed by atoms with Crippen molar-refractivity contribution < 1.29 is 0 Å². The zero-order valence-corrected chi connectivity index (χ0v) is 10.3. The third-order valence-electron chi connectivity index (χ3n) is 3.09. The van der Waals surface area contributed by atoms with E-state index in [0.717, 1.165) is 38.3 Å². The van der Waals surface area contributed by atoms with E-state index in [1.807, 2.05) is 0 Å². The monoisotopic (exact) mass is 239 g/mol. The molecule has 1 aliphatic rings. The lowest BCUT2D eigenvalue weighted by Gasteiger charge is -2.33. The van der Waals surface area contributed by atoms with Crippen LogP contribution >= 0.6 is 12.2 Å². The predicted octanol–water partition coefficient (Wildman–Crippen LogP) is 0.548. The standard InChI is InChI=1S/C10H17N5S/c1-2-8(5-9(11)16)14-3-4-15-7-12-13-10(15)6-14/h7-8H,2-6H2,1H3,(H2,11,16). The molecule has 1 aromatic rings. The molecule has 0 saturated heterocycles. The Kier molecular flexibility index (Phi) is 3.50. The fraction of sp³-hybridized carbons (Fsp3) is 0.700. The van der Waals surface area contributed by atoms with Gasteiger partial charge < -0.3 is 10.3 Å². The Morgan fingerprint density at radius 2 is 2.44 bits per heavy atom. The van der Waals surface area contributed by atoms with Crippen LogP contribution in [-0.2, 0) is 13.1 Å². The number of aromatic nitrogens is 3. The van der Waals surface area contributed by atoms with Crippen molar-refractivity contribution in [3.8, 4) is 0 Å². The first-order chi connectivity index (χ1) is 7.70. The SMILES string of the molecule is CCC(CC(N)=S)N1CCn2cnnc2C1. The van der Waals surface area contributed by atoms with Gasteiger partial charge in [-0.1, -0.05) is 19.1 Å². The molecule has 0 bridgehead atoms. The molecule has 1 aliphatic heterocycles. The molecule has 1 unspecified atom stereocenters. The molecule has 1 aromatic heterocycles. The molecule has 5 nitrogen and oxygen atoms in total. The number of fused-ring (bicyclic) bond motifs is 1. The number of hydrogen-bond donors (Lipinski definition) is 1. The quantitative estimate of drug-likeness (QED) is 0.778. The molecule has 0 aromatic carbocycles. The molecule has 0 radical (unpaired) electrons. The van der Waals surface area contributed by atoms with E-state index in [4.69, 9.17) is 18.0 Å². The van der Waals surface area contributed by atoms with Gasteiger partial charge in [0.15, 0.2) is 0 Å². The predicted molar refractivity (Wildman–Crippen MR) is 65.9 cm³/mol. The molecule has 88 valence electrons. The molecule has 1 atom stereocenters. The summed E-state index contributed by atoms with van der Waals surface area (Å²) in [7, 11) is 0. The fourth-order valence-electron chi connectivity index (χ4n) is 2.16. The lowest BCUT2D eigenvalue weighted by atomic mass is 10.1. The fourth-order valence-corrected chi connectivity index (χ4v) is 2.35. The summed E-state index contributed by atoms with van der Waals surface area (Å²) in [4.78, 5) is 2.99. The van der Waals surface area contributed by atoms with Crippen molar-refractivity contribution in [1.82, 2.24) is 19.7 Å². The Morgan fingerprint density at radius 1 is 1.62 bits per heavy atom. The average molecular weight is 239 g/mol. The summed E-state index contributed by atoms with van der Waals surface area (Å²) in [5.41, 5.74) is 5.62. The van der Waals surface area contributed by atoms with E-state index in [0.29, 0.717) is 11.0 Å². The molecule has 0 aliphatic carbocycles. The minimum absolute atomic E-state index is 0.433. The van der Waals surface area contributed by atoms with Crippen LogP contribution in [0.15, 0.2) is 6.33 Å². The summed E-state index contributed by atoms with van der Waals surface area (Å²) in [5.74, 6) is 1.03. The van der Waals surface area contributed by atoms with Gasteiger partial charge in [-0.2, -0.15) is 0 Å². The van der Waals surface area contributed by atoms with E-state index >= 15 is 0 Å². The highest BCUT2D eigenvalue weighted by molar-refractivity contribution is 7.80. The molecule has 2 heterocycles. The van der Waals surface area contributed by atoms with Gasteiger partial charge in [0.1, 0.15) is 12.2 Å². The maximum Gasteiger partial charge on any atom is 0.147 e. The van der Waals surface area contributed by atoms with E-state index in [1.165, 1.54) is 0 Å². The summed E-state index contributed by atoms with van der Waals surface area (Å²) in [5, 5.41) is 8.03. The second-order valence-electron chi connectivity index (χ2n) is 4.14. The van der Waals surface area contributed by atoms with Crippen molar-refractivity contribution >= 4 is 17.2 Å². The van der Waals surface area contributed by atoms with Crippen LogP contribution in [0.25, 0.3) is 0 Å². The van der Waals surface area contributed by atoms with Gasteiger partial charge in [-0.05, 0) is 6.42 Å². The third-order valence-corrected chi connectivity index (χ3v) is 3.26. The van der Waals surface area contributed by atoms with Crippen molar-refractivity contribution in [3.63, 3.8) is 0 Å². The van der Waals surface area contributed by atoms with Gasteiger partial charge in [0.2, 0.25) is 0 Å². The van der Waals surface area contributed by atoms with Crippen LogP contribution in [0.2, 0.25) is 0 Å². The van der Waals surface area contributed by atoms with Crippen molar-refractivity contribution in [1.29, 1.82) is 0 Å². The number of nitrogens with zero attached hydrogens (tertiary/aromatic N) is 4. The van der Waals surface area contributed by atoms with Crippen LogP contribution in [0.1, 0.15) is 25.6 Å². The van der Waals surface area contributed by atoms with Gasteiger partial charge in [0.25, 0.3) is 0 Å². The first kappa shape index (κ1) is 11.5. The molecule has 6 heteroatoms. The van der Waals surface area contributed by atoms with E-state index in [1.54, 1.807) is 6.33 Å². The van der Waals surface area contributed by atoms with Crippen molar-refractivity contribution in [2.75, 3.05) is 6.54 Å². The Balaban J connectivity index is 2.03. The highest BCUT2D eigenvalue weighted by atomic mass is 32.1. The highest BCUT2D eigenvalue weighted by Crippen LogP contribution is 2.16. The maximum atomic E-state index is 5.62. The van der Waals surface area contributed by atoms with Gasteiger partial charge >= 0.3 is 0 Å². The molecule has 2 N–H and O–H groups in total. The van der Waals surface area contributed by atoms with Crippen molar-refractivity contribution in [3.05, 3.63) is 12.2 Å². The zero-order valence-electron chi connectivity index (χ0n) is 9.46. The Morgan fingerprint density at radius 3 is 3.12 bits per heavy atom. The van der Waals surface area contributed by atoms with E-state index < -0.39 is 0 Å². The van der Waals surface area contributed by atoms with Crippen LogP contribution in [0, 0.1) is 0 Å². The van der Waals surface area contributed by atoms with Crippen molar-refractivity contribution in [2.24, 2.45) is 5.73 Å². The number of rotatable bonds is 4. The first-order valence-corrected chi connectivity index (χ1v) is 6.00. The minimum Gasteiger partial charge on any atom is -0.393 e. The molecule has 2 rings (SSSR count). The molecule has 0 fully saturated rings. The number of hydrogen-bond acceptors (Lipinski definition) is 4. The average Bonchev–Trinajstić information content (AvgIpc) is 2.72. The third kappa shape index (κ3) is 2.38. The lowest BCUT2D eigenvalue weighted by molar-refractivity contribution is 0.152. The van der Waals surface area contributed by atoms with Crippen molar-refractivity contribution in [2.45, 2.75) is 38.9 Å². The smallest absolute Gasteiger partial charge is 0.147 e. The van der Waals surface area contributed by atoms with Gasteiger partial charge in [-0.3, -0.25) is 4.90 Å². The van der Waals surface area contributed by atoms with E-state index in [2.05, 4.69) is 26.6 Å². The van der Waals surface area contributed by atoms with E-state index in [9.17, 15) is 0 Å². The molecular formula is C10H17N5S. The largest absolute Gasteiger partial charge is 0.393 e. The summed E-state index contributed by atoms with van der Waals surface area (Å²) in [6.07, 6.45) is 3.65. The lowest BCUT2D eigenvalue weighted by Crippen LogP contribution is -2.42. The Labute approximate surface area is 101 Å². The second-order valence-corrected chi connectivity index (χ2v) is 4.67. The second kappa shape index (κ2) is 4.88. The van der Waals surface area contributed by atoms with Crippen LogP contribution in [-0.4, -0.2) is 37.2 Å². The summed E-state index contributed by atoms with van der Waals surface area (Å²) < 4.78 is 2.10. The Hall–Kier alpha value is -1.01. The molecule has 16 heavy (non-hydrogen) atoms. The molecule has 0 spiro atoms. The van der Waals surface area contributed by atoms with Gasteiger partial charge in [-0.15, -0.1) is 10.2 Å². The van der Waals surface area contributed by atoms with Crippen LogP contribution in [0.4, 0.5) is 0 Å². The zero-order chi connectivity index (χ0) is 11.5. The minimum atomic E-state index is 0.433. The van der Waals surface area contributed by atoms with Gasteiger partial charge in [-0.25, -0.2) is 0 Å². The molecule has 0 amide bonds. The molecular weight excluding hydrogens is 222 g/mol. The summed E-state index contributed by atoms with van der Waals surface area (Å²) >= 11 is 4.99. The number of nitrogens with two attached hydrogens (primary N) is 1. The van der Waals surface area contributed by atoms with Gasteiger partial charge in [0, 0.05) is 25.6 Å². The van der Waals surface area contributed by atoms with Crippen LogP contribution < -0.4 is 5.73 Å². The maximum absolute atomic E-state index is 5.62. The normalized spacial score (nSPS) is 18.1. The number of thiocarbonyl (C=S) groups is 1. The molecule has 0 saturated carbocycles. The highest BCUT2D eigenvalue weighted by Gasteiger charge is 2.23. The van der Waals surface area contributed by atoms with Crippen LogP contribution in [0.5, 0.6) is 0 Å². The summed E-state index contributed by atoms with van der Waals surface area (Å²) in [6, 6.07) is 0.433. The Bertz CT molecular complexity index is 375. The van der Waals surface area contributed by atoms with Gasteiger partial charge in [0.05, 0.1) is 11.5 Å². The van der Waals surface area contributed by atoms with Crippen LogP contribution in [0.3, 0.4) is 0 Å². The topological polar surface area (TPSA) is 60.0 Å². The summed E-state index contributed by atoms with van der Waals surface area (Å²) in [6.45, 7) is 4.99. The first-order valence-electron chi connectivity index (χ1n) is 5.59.